The topological polar surface area (TPSA) is 93.4 Å². The lowest BCUT2D eigenvalue weighted by molar-refractivity contribution is -0.137. The molecule has 1 atom stereocenters. The number of carbonyl (C=O) groups is 2. The Morgan fingerprint density at radius 3 is 2.34 bits per heavy atom. The van der Waals surface area contributed by atoms with Crippen molar-refractivity contribution in [3.63, 3.8) is 0 Å². The van der Waals surface area contributed by atoms with E-state index in [0.717, 1.165) is 12.1 Å². The highest BCUT2D eigenvalue weighted by Gasteiger charge is 2.31. The quantitative estimate of drug-likeness (QED) is 0.614. The second-order valence-corrected chi connectivity index (χ2v) is 6.35. The lowest BCUT2D eigenvalue weighted by Gasteiger charge is -2.19. The fourth-order valence-corrected chi connectivity index (χ4v) is 2.42. The van der Waals surface area contributed by atoms with Crippen molar-refractivity contribution in [1.29, 1.82) is 0 Å². The van der Waals surface area contributed by atoms with Crippen LogP contribution in [0.1, 0.15) is 36.2 Å². The molecule has 156 valence electrons. The van der Waals surface area contributed by atoms with Gasteiger partial charge in [-0.15, -0.1) is 0 Å². The molecule has 2 amide bonds. The van der Waals surface area contributed by atoms with E-state index in [1.54, 1.807) is 0 Å². The van der Waals surface area contributed by atoms with E-state index in [4.69, 9.17) is 10.5 Å². The van der Waals surface area contributed by atoms with Crippen LogP contribution in [0.15, 0.2) is 42.5 Å². The molecule has 0 radical (unpaired) electrons. The zero-order valence-electron chi connectivity index (χ0n) is 16.0. The monoisotopic (exact) mass is 409 g/mol. The molecule has 0 heterocycles. The van der Waals surface area contributed by atoms with Crippen LogP contribution in [0.3, 0.4) is 0 Å². The molecule has 29 heavy (non-hydrogen) atoms. The minimum Gasteiger partial charge on any atom is -0.491 e. The summed E-state index contributed by atoms with van der Waals surface area (Å²) in [5.74, 6) is -0.844. The summed E-state index contributed by atoms with van der Waals surface area (Å²) >= 11 is 0. The number of anilines is 2. The van der Waals surface area contributed by atoms with Crippen LogP contribution in [0.25, 0.3) is 0 Å². The maximum absolute atomic E-state index is 13.0. The normalized spacial score (nSPS) is 12.2. The first-order valence-electron chi connectivity index (χ1n) is 8.93. The molecule has 0 aliphatic heterocycles. The first-order chi connectivity index (χ1) is 13.6. The highest BCUT2D eigenvalue weighted by molar-refractivity contribution is 5.97. The fourth-order valence-electron chi connectivity index (χ4n) is 2.42. The van der Waals surface area contributed by atoms with Crippen molar-refractivity contribution in [3.8, 4) is 5.75 Å². The second kappa shape index (κ2) is 9.31. The van der Waals surface area contributed by atoms with Gasteiger partial charge in [-0.3, -0.25) is 9.59 Å². The standard InChI is InChI=1S/C20H22F3N3O3/c1-3-10-29-17-9-6-14(20(21,22)23)11-16(17)25-12(2)19(28)26-15-7-4-13(5-8-15)18(24)27/h4-9,11-12,25H,3,10H2,1-2H3,(H2,24,27)(H,26,28). The van der Waals surface area contributed by atoms with E-state index in [2.05, 4.69) is 10.6 Å². The van der Waals surface area contributed by atoms with E-state index < -0.39 is 29.6 Å². The van der Waals surface area contributed by atoms with Gasteiger partial charge < -0.3 is 21.1 Å². The predicted octanol–water partition coefficient (Wildman–Crippen LogP) is 4.03. The fraction of sp³-hybridized carbons (Fsp3) is 0.300. The molecule has 0 saturated carbocycles. The molecule has 2 aromatic rings. The van der Waals surface area contributed by atoms with E-state index in [9.17, 15) is 22.8 Å². The number of hydrogen-bond acceptors (Lipinski definition) is 4. The Bertz CT molecular complexity index is 868. The molecule has 0 fully saturated rings. The zero-order chi connectivity index (χ0) is 21.6. The number of benzene rings is 2. The zero-order valence-corrected chi connectivity index (χ0v) is 16.0. The third-order valence-corrected chi connectivity index (χ3v) is 3.97. The number of primary amides is 1. The lowest BCUT2D eigenvalue weighted by Crippen LogP contribution is -2.32. The number of alkyl halides is 3. The van der Waals surface area contributed by atoms with Gasteiger partial charge in [0.2, 0.25) is 11.8 Å². The van der Waals surface area contributed by atoms with Crippen molar-refractivity contribution in [3.05, 3.63) is 53.6 Å². The summed E-state index contributed by atoms with van der Waals surface area (Å²) in [7, 11) is 0. The van der Waals surface area contributed by atoms with Crippen LogP contribution < -0.4 is 21.1 Å². The average molecular weight is 409 g/mol. The SMILES string of the molecule is CCCOc1ccc(C(F)(F)F)cc1NC(C)C(=O)Nc1ccc(C(N)=O)cc1. The number of nitrogens with two attached hydrogens (primary N) is 1. The molecule has 0 aliphatic rings. The Balaban J connectivity index is 2.15. The van der Waals surface area contributed by atoms with Gasteiger partial charge in [0.15, 0.2) is 0 Å². The van der Waals surface area contributed by atoms with Crippen LogP contribution in [-0.4, -0.2) is 24.5 Å². The van der Waals surface area contributed by atoms with E-state index in [-0.39, 0.29) is 17.0 Å². The van der Waals surface area contributed by atoms with Crippen molar-refractivity contribution in [2.45, 2.75) is 32.5 Å². The van der Waals surface area contributed by atoms with Crippen molar-refractivity contribution in [2.24, 2.45) is 5.73 Å². The molecule has 4 N–H and O–H groups in total. The first kappa shape index (κ1) is 22.1. The van der Waals surface area contributed by atoms with Crippen LogP contribution in [0.4, 0.5) is 24.5 Å². The van der Waals surface area contributed by atoms with Gasteiger partial charge in [-0.25, -0.2) is 0 Å². The molecule has 9 heteroatoms. The minimum absolute atomic E-state index is 0.0694. The first-order valence-corrected chi connectivity index (χ1v) is 8.93. The van der Waals surface area contributed by atoms with Gasteiger partial charge in [0.1, 0.15) is 11.8 Å². The molecular formula is C20H22F3N3O3. The number of ether oxygens (including phenoxy) is 1. The van der Waals surface area contributed by atoms with Gasteiger partial charge >= 0.3 is 6.18 Å². The Morgan fingerprint density at radius 2 is 1.79 bits per heavy atom. The summed E-state index contributed by atoms with van der Waals surface area (Å²) in [5, 5.41) is 5.39. The molecule has 0 saturated heterocycles. The summed E-state index contributed by atoms with van der Waals surface area (Å²) in [6, 6.07) is 8.14. The van der Waals surface area contributed by atoms with E-state index in [1.807, 2.05) is 6.92 Å². The van der Waals surface area contributed by atoms with Gasteiger partial charge in [0.05, 0.1) is 17.9 Å². The second-order valence-electron chi connectivity index (χ2n) is 6.35. The minimum atomic E-state index is -4.52. The van der Waals surface area contributed by atoms with Crippen molar-refractivity contribution >= 4 is 23.2 Å². The molecule has 0 aliphatic carbocycles. The third-order valence-electron chi connectivity index (χ3n) is 3.97. The van der Waals surface area contributed by atoms with Crippen molar-refractivity contribution in [2.75, 3.05) is 17.2 Å². The molecular weight excluding hydrogens is 387 g/mol. The molecule has 6 nitrogen and oxygen atoms in total. The summed E-state index contributed by atoms with van der Waals surface area (Å²) < 4.78 is 44.6. The molecule has 2 rings (SSSR count). The van der Waals surface area contributed by atoms with Crippen molar-refractivity contribution < 1.29 is 27.5 Å². The van der Waals surface area contributed by atoms with E-state index >= 15 is 0 Å². The van der Waals surface area contributed by atoms with Crippen LogP contribution in [0, 0.1) is 0 Å². The van der Waals surface area contributed by atoms with Crippen LogP contribution in [0.5, 0.6) is 5.75 Å². The van der Waals surface area contributed by atoms with Crippen LogP contribution >= 0.6 is 0 Å². The van der Waals surface area contributed by atoms with Crippen molar-refractivity contribution in [1.82, 2.24) is 0 Å². The number of amides is 2. The Kier molecular flexibility index (Phi) is 7.08. The Morgan fingerprint density at radius 1 is 1.14 bits per heavy atom. The number of nitrogens with one attached hydrogen (secondary N) is 2. The smallest absolute Gasteiger partial charge is 0.416 e. The highest BCUT2D eigenvalue weighted by atomic mass is 19.4. The molecule has 0 aromatic heterocycles. The largest absolute Gasteiger partial charge is 0.491 e. The Hall–Kier alpha value is -3.23. The number of carbonyl (C=O) groups excluding carboxylic acids is 2. The predicted molar refractivity (Wildman–Crippen MR) is 104 cm³/mol. The maximum Gasteiger partial charge on any atom is 0.416 e. The molecule has 2 aromatic carbocycles. The molecule has 0 spiro atoms. The Labute approximate surface area is 166 Å². The summed E-state index contributed by atoms with van der Waals surface area (Å²) in [4.78, 5) is 23.5. The third kappa shape index (κ3) is 6.13. The molecule has 0 bridgehead atoms. The van der Waals surface area contributed by atoms with Gasteiger partial charge in [-0.2, -0.15) is 13.2 Å². The maximum atomic E-state index is 13.0. The van der Waals surface area contributed by atoms with Crippen LogP contribution in [-0.2, 0) is 11.0 Å². The summed E-state index contributed by atoms with van der Waals surface area (Å²) in [6.45, 7) is 3.71. The van der Waals surface area contributed by atoms with E-state index in [1.165, 1.54) is 37.3 Å². The van der Waals surface area contributed by atoms with Gasteiger partial charge in [-0.05, 0) is 55.8 Å². The summed E-state index contributed by atoms with van der Waals surface area (Å²) in [5.41, 5.74) is 5.09. The van der Waals surface area contributed by atoms with E-state index in [0.29, 0.717) is 18.7 Å². The average Bonchev–Trinajstić information content (AvgIpc) is 2.66. The number of halogens is 3. The van der Waals surface area contributed by atoms with Gasteiger partial charge in [-0.1, -0.05) is 6.92 Å². The number of hydrogen-bond donors (Lipinski definition) is 3. The van der Waals surface area contributed by atoms with Crippen LogP contribution in [0.2, 0.25) is 0 Å². The summed E-state index contributed by atoms with van der Waals surface area (Å²) in [6.07, 6.45) is -3.84. The van der Waals surface area contributed by atoms with Gasteiger partial charge in [0, 0.05) is 11.3 Å². The highest BCUT2D eigenvalue weighted by Crippen LogP contribution is 2.35. The van der Waals surface area contributed by atoms with Gasteiger partial charge in [0.25, 0.3) is 0 Å². The molecule has 1 unspecified atom stereocenters. The lowest BCUT2D eigenvalue weighted by atomic mass is 10.1. The number of rotatable bonds is 8.